The predicted octanol–water partition coefficient (Wildman–Crippen LogP) is 2.02. The number of likely N-dealkylation sites (N-methyl/N-ethyl adjacent to an activating group) is 1. The summed E-state index contributed by atoms with van der Waals surface area (Å²) in [5.41, 5.74) is -0.0143. The Morgan fingerprint density at radius 2 is 2.11 bits per heavy atom. The van der Waals surface area contributed by atoms with Gasteiger partial charge in [0.15, 0.2) is 11.6 Å². The largest absolute Gasteiger partial charge is 0.363 e. The molecule has 0 bridgehead atoms. The lowest BCUT2D eigenvalue weighted by Gasteiger charge is -2.30. The number of rotatable bonds is 3. The Kier molecular flexibility index (Phi) is 3.78. The van der Waals surface area contributed by atoms with Gasteiger partial charge in [0.25, 0.3) is 0 Å². The van der Waals surface area contributed by atoms with Gasteiger partial charge in [0, 0.05) is 19.1 Å². The maximum absolute atomic E-state index is 13.9. The summed E-state index contributed by atoms with van der Waals surface area (Å²) in [5, 5.41) is 11.9. The van der Waals surface area contributed by atoms with Crippen molar-refractivity contribution in [1.29, 1.82) is 5.26 Å². The molecular formula is C13H15F2N3. The normalized spacial score (nSPS) is 18.7. The summed E-state index contributed by atoms with van der Waals surface area (Å²) in [6.45, 7) is 3.99. The molecule has 1 aliphatic heterocycles. The fourth-order valence-corrected chi connectivity index (χ4v) is 2.41. The molecule has 0 saturated carbocycles. The van der Waals surface area contributed by atoms with E-state index < -0.39 is 11.6 Å². The van der Waals surface area contributed by atoms with E-state index in [1.54, 1.807) is 11.0 Å². The Labute approximate surface area is 105 Å². The molecule has 0 aliphatic carbocycles. The summed E-state index contributed by atoms with van der Waals surface area (Å²) in [4.78, 5) is 1.73. The van der Waals surface area contributed by atoms with E-state index in [1.165, 1.54) is 0 Å². The van der Waals surface area contributed by atoms with E-state index in [9.17, 15) is 8.78 Å². The van der Waals surface area contributed by atoms with E-state index >= 15 is 0 Å². The molecule has 1 aromatic rings. The fourth-order valence-electron chi connectivity index (χ4n) is 2.41. The van der Waals surface area contributed by atoms with Crippen molar-refractivity contribution >= 4 is 5.69 Å². The van der Waals surface area contributed by atoms with Crippen LogP contribution < -0.4 is 10.2 Å². The second kappa shape index (κ2) is 5.32. The predicted molar refractivity (Wildman–Crippen MR) is 65.4 cm³/mol. The molecule has 1 atom stereocenters. The van der Waals surface area contributed by atoms with Gasteiger partial charge in [0.2, 0.25) is 0 Å². The van der Waals surface area contributed by atoms with Crippen LogP contribution in [0, 0.1) is 23.0 Å². The minimum absolute atomic E-state index is 0.00866. The molecule has 1 fully saturated rings. The Morgan fingerprint density at radius 3 is 2.56 bits per heavy atom. The second-order valence-corrected chi connectivity index (χ2v) is 4.33. The molecule has 1 N–H and O–H groups in total. The van der Waals surface area contributed by atoms with Crippen molar-refractivity contribution in [1.82, 2.24) is 5.32 Å². The molecule has 1 saturated heterocycles. The molecule has 1 unspecified atom stereocenters. The number of nitriles is 1. The van der Waals surface area contributed by atoms with Crippen molar-refractivity contribution in [3.8, 4) is 6.07 Å². The van der Waals surface area contributed by atoms with Crippen LogP contribution in [0.15, 0.2) is 12.1 Å². The summed E-state index contributed by atoms with van der Waals surface area (Å²) >= 11 is 0. The smallest absolute Gasteiger partial charge is 0.150 e. The zero-order chi connectivity index (χ0) is 13.1. The van der Waals surface area contributed by atoms with E-state index in [0.717, 1.165) is 31.6 Å². The van der Waals surface area contributed by atoms with E-state index in [4.69, 9.17) is 5.26 Å². The number of benzene rings is 1. The molecule has 2 rings (SSSR count). The SMILES string of the molecule is CCN(c1c(F)cc(C#N)cc1F)C1CCNC1. The molecule has 1 heterocycles. The van der Waals surface area contributed by atoms with Crippen LogP contribution in [0.25, 0.3) is 0 Å². The summed E-state index contributed by atoms with van der Waals surface area (Å²) in [7, 11) is 0. The summed E-state index contributed by atoms with van der Waals surface area (Å²) < 4.78 is 27.9. The summed E-state index contributed by atoms with van der Waals surface area (Å²) in [5.74, 6) is -1.33. The van der Waals surface area contributed by atoms with Crippen LogP contribution in [0.2, 0.25) is 0 Å². The number of hydrogen-bond donors (Lipinski definition) is 1. The van der Waals surface area contributed by atoms with Gasteiger partial charge >= 0.3 is 0 Å². The van der Waals surface area contributed by atoms with Crippen LogP contribution in [0.1, 0.15) is 18.9 Å². The van der Waals surface area contributed by atoms with Gasteiger partial charge in [0.1, 0.15) is 5.69 Å². The standard InChI is InChI=1S/C13H15F2N3/c1-2-18(10-3-4-17-8-10)13-11(14)5-9(7-16)6-12(13)15/h5-6,10,17H,2-4,8H2,1H3. The van der Waals surface area contributed by atoms with Crippen molar-refractivity contribution in [3.05, 3.63) is 29.3 Å². The highest BCUT2D eigenvalue weighted by Gasteiger charge is 2.26. The molecule has 0 radical (unpaired) electrons. The van der Waals surface area contributed by atoms with Gasteiger partial charge in [-0.05, 0) is 32.0 Å². The highest BCUT2D eigenvalue weighted by molar-refractivity contribution is 5.53. The van der Waals surface area contributed by atoms with Gasteiger partial charge in [0.05, 0.1) is 11.6 Å². The number of nitrogens with zero attached hydrogens (tertiary/aromatic N) is 2. The van der Waals surface area contributed by atoms with Gasteiger partial charge in [-0.1, -0.05) is 0 Å². The number of nitrogens with one attached hydrogen (secondary N) is 1. The van der Waals surface area contributed by atoms with Gasteiger partial charge in [-0.25, -0.2) is 8.78 Å². The zero-order valence-corrected chi connectivity index (χ0v) is 10.2. The Balaban J connectivity index is 2.39. The molecule has 0 spiro atoms. The molecule has 0 amide bonds. The van der Waals surface area contributed by atoms with Crippen LogP contribution in [-0.4, -0.2) is 25.7 Å². The Hall–Kier alpha value is -1.67. The van der Waals surface area contributed by atoms with Gasteiger partial charge < -0.3 is 10.2 Å². The quantitative estimate of drug-likeness (QED) is 0.893. The van der Waals surface area contributed by atoms with Crippen LogP contribution in [0.4, 0.5) is 14.5 Å². The van der Waals surface area contributed by atoms with E-state index in [2.05, 4.69) is 5.32 Å². The van der Waals surface area contributed by atoms with Gasteiger partial charge in [-0.3, -0.25) is 0 Å². The molecule has 5 heteroatoms. The van der Waals surface area contributed by atoms with Gasteiger partial charge in [-0.2, -0.15) is 5.26 Å². The van der Waals surface area contributed by atoms with Crippen LogP contribution in [0.5, 0.6) is 0 Å². The topological polar surface area (TPSA) is 39.1 Å². The van der Waals surface area contributed by atoms with Crippen molar-refractivity contribution in [2.24, 2.45) is 0 Å². The number of anilines is 1. The monoisotopic (exact) mass is 251 g/mol. The molecule has 3 nitrogen and oxygen atoms in total. The zero-order valence-electron chi connectivity index (χ0n) is 10.2. The van der Waals surface area contributed by atoms with Crippen LogP contribution in [0.3, 0.4) is 0 Å². The lowest BCUT2D eigenvalue weighted by Crippen LogP contribution is -2.38. The third kappa shape index (κ3) is 2.29. The summed E-state index contributed by atoms with van der Waals surface area (Å²) in [6, 6.07) is 4.03. The van der Waals surface area contributed by atoms with Crippen molar-refractivity contribution in [2.45, 2.75) is 19.4 Å². The first-order valence-corrected chi connectivity index (χ1v) is 6.04. The van der Waals surface area contributed by atoms with Crippen molar-refractivity contribution in [3.63, 3.8) is 0 Å². The van der Waals surface area contributed by atoms with Crippen molar-refractivity contribution < 1.29 is 8.78 Å². The number of halogens is 2. The van der Waals surface area contributed by atoms with E-state index in [1.807, 2.05) is 6.92 Å². The highest BCUT2D eigenvalue weighted by Crippen LogP contribution is 2.27. The van der Waals surface area contributed by atoms with Gasteiger partial charge in [-0.15, -0.1) is 0 Å². The van der Waals surface area contributed by atoms with Crippen LogP contribution >= 0.6 is 0 Å². The molecule has 96 valence electrons. The molecule has 1 aliphatic rings. The molecule has 0 aromatic heterocycles. The van der Waals surface area contributed by atoms with Crippen molar-refractivity contribution in [2.75, 3.05) is 24.5 Å². The minimum atomic E-state index is -0.666. The maximum Gasteiger partial charge on any atom is 0.150 e. The van der Waals surface area contributed by atoms with Crippen LogP contribution in [-0.2, 0) is 0 Å². The lowest BCUT2D eigenvalue weighted by atomic mass is 10.1. The lowest BCUT2D eigenvalue weighted by molar-refractivity contribution is 0.549. The van der Waals surface area contributed by atoms with E-state index in [-0.39, 0.29) is 17.3 Å². The highest BCUT2D eigenvalue weighted by atomic mass is 19.1. The molecular weight excluding hydrogens is 236 g/mol. The second-order valence-electron chi connectivity index (χ2n) is 4.33. The third-order valence-electron chi connectivity index (χ3n) is 3.25. The molecule has 18 heavy (non-hydrogen) atoms. The van der Waals surface area contributed by atoms with E-state index in [0.29, 0.717) is 6.54 Å². The minimum Gasteiger partial charge on any atom is -0.363 e. The first kappa shape index (κ1) is 12.8. The Morgan fingerprint density at radius 1 is 1.44 bits per heavy atom. The molecule has 1 aromatic carbocycles. The number of hydrogen-bond acceptors (Lipinski definition) is 3. The third-order valence-corrected chi connectivity index (χ3v) is 3.25. The Bertz CT molecular complexity index is 453. The first-order valence-electron chi connectivity index (χ1n) is 6.04. The fraction of sp³-hybridized carbons (Fsp3) is 0.462. The first-order chi connectivity index (χ1) is 8.67. The average Bonchev–Trinajstić information content (AvgIpc) is 2.86. The maximum atomic E-state index is 13.9. The average molecular weight is 251 g/mol. The summed E-state index contributed by atoms with van der Waals surface area (Å²) in [6.07, 6.45) is 0.868.